The minimum Gasteiger partial charge on any atom is -0.344 e. The van der Waals surface area contributed by atoms with Crippen molar-refractivity contribution >= 4 is 18.3 Å². The lowest BCUT2D eigenvalue weighted by Crippen LogP contribution is -2.58. The number of carbonyl (C=O) groups excluding carboxylic acids is 1. The van der Waals surface area contributed by atoms with Gasteiger partial charge >= 0.3 is 12.3 Å². The highest BCUT2D eigenvalue weighted by Crippen LogP contribution is 2.25. The van der Waals surface area contributed by atoms with E-state index in [1.165, 1.54) is 0 Å². The van der Waals surface area contributed by atoms with Gasteiger partial charge in [0.05, 0.1) is 5.54 Å². The largest absolute Gasteiger partial charge is 0.383 e. The van der Waals surface area contributed by atoms with Crippen molar-refractivity contribution < 1.29 is 22.4 Å². The van der Waals surface area contributed by atoms with E-state index in [4.69, 9.17) is 5.73 Å². The van der Waals surface area contributed by atoms with Crippen LogP contribution >= 0.6 is 12.4 Å². The van der Waals surface area contributed by atoms with Crippen LogP contribution in [0.5, 0.6) is 0 Å². The van der Waals surface area contributed by atoms with E-state index in [1.807, 2.05) is 5.32 Å². The molecule has 0 saturated heterocycles. The second-order valence-electron chi connectivity index (χ2n) is 3.57. The second kappa shape index (κ2) is 7.00. The number of hydrogen-bond donors (Lipinski definition) is 2. The number of nitrogens with two attached hydrogens (primary N) is 1. The van der Waals surface area contributed by atoms with Crippen LogP contribution in [0.4, 0.5) is 17.6 Å². The Kier molecular flexibility index (Phi) is 7.74. The zero-order valence-electron chi connectivity index (χ0n) is 9.60. The molecule has 0 aliphatic rings. The number of rotatable bonds is 6. The monoisotopic (exact) mass is 280 g/mol. The minimum atomic E-state index is -4.68. The summed E-state index contributed by atoms with van der Waals surface area (Å²) in [5, 5.41) is 1.91. The molecule has 0 aliphatic heterocycles. The van der Waals surface area contributed by atoms with E-state index >= 15 is 0 Å². The van der Waals surface area contributed by atoms with Gasteiger partial charge in [-0.3, -0.25) is 4.79 Å². The van der Waals surface area contributed by atoms with E-state index in [2.05, 4.69) is 0 Å². The Balaban J connectivity index is 0. The molecular formula is C9H17ClF4N2O. The van der Waals surface area contributed by atoms with Crippen molar-refractivity contribution in [2.75, 3.05) is 6.54 Å². The van der Waals surface area contributed by atoms with Gasteiger partial charge in [0.15, 0.2) is 0 Å². The normalized spacial score (nSPS) is 12.2. The van der Waals surface area contributed by atoms with Crippen molar-refractivity contribution in [1.82, 2.24) is 5.32 Å². The lowest BCUT2D eigenvalue weighted by molar-refractivity contribution is -0.171. The molecule has 0 radical (unpaired) electrons. The van der Waals surface area contributed by atoms with Gasteiger partial charge in [-0.25, -0.2) is 8.78 Å². The van der Waals surface area contributed by atoms with Crippen molar-refractivity contribution in [3.05, 3.63) is 0 Å². The summed E-state index contributed by atoms with van der Waals surface area (Å²) in [5.74, 6) is -6.65. The molecule has 3 N–H and O–H groups in total. The van der Waals surface area contributed by atoms with Crippen LogP contribution in [0.25, 0.3) is 0 Å². The number of halogens is 5. The number of carbonyl (C=O) groups is 1. The molecule has 0 atom stereocenters. The van der Waals surface area contributed by atoms with Crippen molar-refractivity contribution in [1.29, 1.82) is 0 Å². The first kappa shape index (κ1) is 18.8. The zero-order chi connectivity index (χ0) is 13.0. The van der Waals surface area contributed by atoms with Crippen molar-refractivity contribution in [3.63, 3.8) is 0 Å². The predicted octanol–water partition coefficient (Wildman–Crippen LogP) is 1.94. The smallest absolute Gasteiger partial charge is 0.344 e. The molecule has 0 aliphatic carbocycles. The first-order valence-electron chi connectivity index (χ1n) is 4.94. The van der Waals surface area contributed by atoms with Gasteiger partial charge in [0, 0.05) is 6.54 Å². The molecule has 104 valence electrons. The van der Waals surface area contributed by atoms with Crippen LogP contribution in [0, 0.1) is 0 Å². The highest BCUT2D eigenvalue weighted by molar-refractivity contribution is 5.85. The minimum absolute atomic E-state index is 0. The summed E-state index contributed by atoms with van der Waals surface area (Å²) < 4.78 is 49.2. The Hall–Kier alpha value is -0.560. The van der Waals surface area contributed by atoms with E-state index in [9.17, 15) is 22.4 Å². The summed E-state index contributed by atoms with van der Waals surface area (Å²) in [6.45, 7) is 3.19. The third-order valence-electron chi connectivity index (χ3n) is 2.70. The van der Waals surface area contributed by atoms with Crippen molar-refractivity contribution in [3.8, 4) is 0 Å². The molecule has 3 nitrogen and oxygen atoms in total. The molecular weight excluding hydrogens is 264 g/mol. The first-order valence-corrected chi connectivity index (χ1v) is 4.94. The molecule has 0 saturated carbocycles. The molecule has 0 fully saturated rings. The zero-order valence-corrected chi connectivity index (χ0v) is 10.4. The van der Waals surface area contributed by atoms with Crippen LogP contribution in [-0.2, 0) is 4.79 Å². The highest BCUT2D eigenvalue weighted by atomic mass is 35.5. The van der Waals surface area contributed by atoms with Gasteiger partial charge in [-0.2, -0.15) is 8.78 Å². The molecule has 0 spiro atoms. The van der Waals surface area contributed by atoms with Crippen molar-refractivity contribution in [2.45, 2.75) is 44.6 Å². The third kappa shape index (κ3) is 4.31. The maximum absolute atomic E-state index is 12.7. The van der Waals surface area contributed by atoms with E-state index in [0.29, 0.717) is 12.8 Å². The summed E-state index contributed by atoms with van der Waals surface area (Å²) in [6.07, 6.45) is -3.42. The number of alkyl halides is 4. The average Bonchev–Trinajstić information content (AvgIpc) is 2.25. The summed E-state index contributed by atoms with van der Waals surface area (Å²) in [5.41, 5.74) is 4.30. The molecule has 0 aromatic carbocycles. The van der Waals surface area contributed by atoms with Gasteiger partial charge in [-0.15, -0.1) is 12.4 Å². The standard InChI is InChI=1S/C9H16F4N2O.ClH/c1-3-8(4-2,5-14)15-7(16)9(12,13)6(10)11;/h6H,3-5,14H2,1-2H3,(H,15,16);1H. The second-order valence-corrected chi connectivity index (χ2v) is 3.57. The molecule has 8 heteroatoms. The molecule has 0 bridgehead atoms. The van der Waals surface area contributed by atoms with Crippen LogP contribution < -0.4 is 11.1 Å². The summed E-state index contributed by atoms with van der Waals surface area (Å²) >= 11 is 0. The molecule has 17 heavy (non-hydrogen) atoms. The fourth-order valence-corrected chi connectivity index (χ4v) is 1.19. The van der Waals surface area contributed by atoms with Gasteiger partial charge in [-0.05, 0) is 12.8 Å². The Morgan fingerprint density at radius 2 is 1.71 bits per heavy atom. The van der Waals surface area contributed by atoms with Gasteiger partial charge in [0.25, 0.3) is 5.91 Å². The van der Waals surface area contributed by atoms with Gasteiger partial charge in [0.2, 0.25) is 0 Å². The average molecular weight is 281 g/mol. The van der Waals surface area contributed by atoms with Crippen LogP contribution in [-0.4, -0.2) is 30.3 Å². The Morgan fingerprint density at radius 3 is 1.94 bits per heavy atom. The molecule has 1 amide bonds. The van der Waals surface area contributed by atoms with Crippen LogP contribution in [0.2, 0.25) is 0 Å². The maximum atomic E-state index is 12.7. The fourth-order valence-electron chi connectivity index (χ4n) is 1.19. The molecule has 0 unspecified atom stereocenters. The summed E-state index contributed by atoms with van der Waals surface area (Å²) in [6, 6.07) is 0. The Morgan fingerprint density at radius 1 is 1.29 bits per heavy atom. The summed E-state index contributed by atoms with van der Waals surface area (Å²) in [7, 11) is 0. The summed E-state index contributed by atoms with van der Waals surface area (Å²) in [4.78, 5) is 11.0. The van der Waals surface area contributed by atoms with Crippen molar-refractivity contribution in [2.24, 2.45) is 5.73 Å². The fraction of sp³-hybridized carbons (Fsp3) is 0.889. The Bertz CT molecular complexity index is 239. The van der Waals surface area contributed by atoms with Gasteiger partial charge in [-0.1, -0.05) is 13.8 Å². The van der Waals surface area contributed by atoms with Gasteiger partial charge in [0.1, 0.15) is 0 Å². The first-order chi connectivity index (χ1) is 7.25. The lowest BCUT2D eigenvalue weighted by atomic mass is 9.92. The van der Waals surface area contributed by atoms with Crippen LogP contribution in [0.1, 0.15) is 26.7 Å². The van der Waals surface area contributed by atoms with E-state index in [-0.39, 0.29) is 19.0 Å². The molecule has 0 heterocycles. The SMILES string of the molecule is CCC(CC)(CN)NC(=O)C(F)(F)C(F)F.Cl. The van der Waals surface area contributed by atoms with Crippen LogP contribution in [0.15, 0.2) is 0 Å². The predicted molar refractivity (Wildman–Crippen MR) is 58.7 cm³/mol. The molecule has 0 aromatic rings. The Labute approximate surface area is 104 Å². The number of amides is 1. The van der Waals surface area contributed by atoms with E-state index in [1.54, 1.807) is 13.8 Å². The van der Waals surface area contributed by atoms with E-state index in [0.717, 1.165) is 0 Å². The maximum Gasteiger partial charge on any atom is 0.383 e. The van der Waals surface area contributed by atoms with E-state index < -0.39 is 23.8 Å². The number of nitrogens with one attached hydrogen (secondary N) is 1. The quantitative estimate of drug-likeness (QED) is 0.731. The van der Waals surface area contributed by atoms with Gasteiger partial charge < -0.3 is 11.1 Å². The highest BCUT2D eigenvalue weighted by Gasteiger charge is 2.50. The molecule has 0 aromatic heterocycles. The molecule has 0 rings (SSSR count). The third-order valence-corrected chi connectivity index (χ3v) is 2.70. The topological polar surface area (TPSA) is 55.1 Å². The lowest BCUT2D eigenvalue weighted by Gasteiger charge is -2.32. The number of hydrogen-bond acceptors (Lipinski definition) is 2. The van der Waals surface area contributed by atoms with Crippen LogP contribution in [0.3, 0.4) is 0 Å².